The van der Waals surface area contributed by atoms with Crippen molar-refractivity contribution in [3.05, 3.63) is 36.0 Å². The number of hydrogen-bond acceptors (Lipinski definition) is 5. The van der Waals surface area contributed by atoms with Crippen molar-refractivity contribution < 1.29 is 26.7 Å². The van der Waals surface area contributed by atoms with Gasteiger partial charge < -0.3 is 4.74 Å². The Kier molecular flexibility index (Phi) is 3.40. The van der Waals surface area contributed by atoms with E-state index in [4.69, 9.17) is 0 Å². The number of aromatic nitrogens is 5. The summed E-state index contributed by atoms with van der Waals surface area (Å²) in [6, 6.07) is 4.15. The lowest BCUT2D eigenvalue weighted by Crippen LogP contribution is -2.64. The highest BCUT2D eigenvalue weighted by Crippen LogP contribution is 2.52. The minimum atomic E-state index is -4.36. The molecule has 136 valence electrons. The number of ether oxygens (including phenoxy) is 1. The Labute approximate surface area is 142 Å². The van der Waals surface area contributed by atoms with E-state index in [9.17, 15) is 22.0 Å². The van der Waals surface area contributed by atoms with Crippen LogP contribution in [0.25, 0.3) is 16.9 Å². The van der Waals surface area contributed by atoms with Gasteiger partial charge in [0.15, 0.2) is 23.4 Å². The lowest BCUT2D eigenvalue weighted by molar-refractivity contribution is -0.324. The molecule has 3 heterocycles. The molecule has 0 radical (unpaired) electrons. The summed E-state index contributed by atoms with van der Waals surface area (Å²) < 4.78 is 72.4. The molecule has 6 nitrogen and oxygen atoms in total. The number of aryl methyl sites for hydroxylation is 1. The molecule has 3 aromatic heterocycles. The summed E-state index contributed by atoms with van der Waals surface area (Å²) in [6.45, 7) is 1.68. The molecular weight excluding hydrogens is 361 g/mol. The van der Waals surface area contributed by atoms with Crippen molar-refractivity contribution in [3.8, 4) is 17.1 Å². The lowest BCUT2D eigenvalue weighted by atomic mass is 9.85. The molecule has 0 spiro atoms. The summed E-state index contributed by atoms with van der Waals surface area (Å²) in [4.78, 5) is 3.62. The van der Waals surface area contributed by atoms with Crippen molar-refractivity contribution in [1.29, 1.82) is 0 Å². The van der Waals surface area contributed by atoms with Gasteiger partial charge in [-0.25, -0.2) is 9.37 Å². The van der Waals surface area contributed by atoms with Crippen LogP contribution in [0.4, 0.5) is 22.0 Å². The van der Waals surface area contributed by atoms with Crippen LogP contribution in [0.15, 0.2) is 24.4 Å². The fourth-order valence-corrected chi connectivity index (χ4v) is 2.55. The Morgan fingerprint density at radius 1 is 1.19 bits per heavy atom. The van der Waals surface area contributed by atoms with E-state index in [1.54, 1.807) is 19.1 Å². The molecule has 0 N–H and O–H groups in total. The van der Waals surface area contributed by atoms with E-state index < -0.39 is 36.1 Å². The van der Waals surface area contributed by atoms with Crippen molar-refractivity contribution in [2.45, 2.75) is 31.3 Å². The molecular formula is C15H10F5N5O. The summed E-state index contributed by atoms with van der Waals surface area (Å²) in [5, 5.41) is 11.9. The molecule has 1 atom stereocenters. The van der Waals surface area contributed by atoms with Crippen molar-refractivity contribution in [3.63, 3.8) is 0 Å². The molecule has 0 aromatic carbocycles. The van der Waals surface area contributed by atoms with Crippen molar-refractivity contribution in [2.75, 3.05) is 0 Å². The fourth-order valence-electron chi connectivity index (χ4n) is 2.55. The molecule has 0 aliphatic heterocycles. The average molecular weight is 371 g/mol. The molecule has 1 aliphatic rings. The largest absolute Gasteiger partial charge is 0.465 e. The maximum Gasteiger partial charge on any atom is 0.346 e. The Balaban J connectivity index is 1.60. The molecule has 11 heteroatoms. The van der Waals surface area contributed by atoms with Gasteiger partial charge in [-0.1, -0.05) is 0 Å². The van der Waals surface area contributed by atoms with Gasteiger partial charge >= 0.3 is 11.8 Å². The first-order valence-electron chi connectivity index (χ1n) is 7.46. The van der Waals surface area contributed by atoms with E-state index >= 15 is 0 Å². The predicted molar refractivity (Wildman–Crippen MR) is 77.6 cm³/mol. The second kappa shape index (κ2) is 5.32. The highest BCUT2D eigenvalue weighted by Gasteiger charge is 2.73. The van der Waals surface area contributed by atoms with E-state index in [1.165, 1.54) is 4.52 Å². The fraction of sp³-hybridized carbons (Fsp3) is 0.333. The first-order chi connectivity index (χ1) is 12.2. The number of nitrogens with zero attached hydrogens (tertiary/aromatic N) is 5. The SMILES string of the molecule is Cc1nnc2ccc(-c3cnc(O[C@H]4CC(F)(F)C4(F)F)c(F)c3)nn12. The summed E-state index contributed by atoms with van der Waals surface area (Å²) >= 11 is 0. The van der Waals surface area contributed by atoms with Crippen LogP contribution in [0, 0.1) is 12.7 Å². The monoisotopic (exact) mass is 371 g/mol. The Bertz CT molecular complexity index is 1010. The van der Waals surface area contributed by atoms with Crippen LogP contribution in [-0.4, -0.2) is 42.7 Å². The highest BCUT2D eigenvalue weighted by molar-refractivity contribution is 5.59. The Hall–Kier alpha value is -2.85. The Morgan fingerprint density at radius 3 is 2.62 bits per heavy atom. The number of alkyl halides is 4. The standard InChI is InChI=1S/C15H10F5N5O/c1-7-22-23-12-3-2-10(24-25(7)12)8-4-9(16)13(21-6-8)26-11-5-14(17,18)15(11,19)20/h2-4,6,11H,5H2,1H3/t11-/m0/s1. The smallest absolute Gasteiger partial charge is 0.346 e. The van der Waals surface area contributed by atoms with Gasteiger partial charge in [-0.3, -0.25) is 0 Å². The van der Waals surface area contributed by atoms with Gasteiger partial charge in [0.25, 0.3) is 5.88 Å². The summed E-state index contributed by atoms with van der Waals surface area (Å²) in [5.74, 6) is -9.84. The third kappa shape index (κ3) is 2.37. The number of fused-ring (bicyclic) bond motifs is 1. The zero-order valence-electron chi connectivity index (χ0n) is 13.1. The summed E-state index contributed by atoms with van der Waals surface area (Å²) in [6.07, 6.45) is -2.17. The second-order valence-corrected chi connectivity index (χ2v) is 5.88. The molecule has 3 aromatic rings. The van der Waals surface area contributed by atoms with Crippen LogP contribution < -0.4 is 4.74 Å². The van der Waals surface area contributed by atoms with Crippen molar-refractivity contribution in [2.24, 2.45) is 0 Å². The maximum absolute atomic E-state index is 14.2. The maximum atomic E-state index is 14.2. The van der Waals surface area contributed by atoms with E-state index in [0.717, 1.165) is 12.3 Å². The molecule has 1 saturated carbocycles. The molecule has 0 unspecified atom stereocenters. The van der Waals surface area contributed by atoms with Crippen LogP contribution in [-0.2, 0) is 0 Å². The Morgan fingerprint density at radius 2 is 1.96 bits per heavy atom. The summed E-state index contributed by atoms with van der Waals surface area (Å²) in [7, 11) is 0. The molecule has 0 amide bonds. The molecule has 26 heavy (non-hydrogen) atoms. The minimum absolute atomic E-state index is 0.246. The number of rotatable bonds is 3. The highest BCUT2D eigenvalue weighted by atomic mass is 19.3. The van der Waals surface area contributed by atoms with Crippen LogP contribution in [0.1, 0.15) is 12.2 Å². The summed E-state index contributed by atoms with van der Waals surface area (Å²) in [5.41, 5.74) is 1.07. The quantitative estimate of drug-likeness (QED) is 0.662. The first-order valence-corrected chi connectivity index (χ1v) is 7.46. The predicted octanol–water partition coefficient (Wildman–Crippen LogP) is 3.06. The van der Waals surface area contributed by atoms with Gasteiger partial charge in [0.1, 0.15) is 0 Å². The third-order valence-electron chi connectivity index (χ3n) is 4.11. The van der Waals surface area contributed by atoms with Crippen molar-refractivity contribution in [1.82, 2.24) is 24.8 Å². The van der Waals surface area contributed by atoms with Crippen LogP contribution in [0.5, 0.6) is 5.88 Å². The first kappa shape index (κ1) is 16.6. The van der Waals surface area contributed by atoms with Gasteiger partial charge in [0.2, 0.25) is 0 Å². The number of halogens is 5. The molecule has 1 aliphatic carbocycles. The van der Waals surface area contributed by atoms with Crippen LogP contribution in [0.2, 0.25) is 0 Å². The second-order valence-electron chi connectivity index (χ2n) is 5.88. The number of pyridine rings is 1. The normalized spacial score (nSPS) is 20.8. The zero-order chi connectivity index (χ0) is 18.7. The third-order valence-corrected chi connectivity index (χ3v) is 4.11. The van der Waals surface area contributed by atoms with Gasteiger partial charge in [-0.05, 0) is 25.1 Å². The molecule has 0 saturated heterocycles. The van der Waals surface area contributed by atoms with E-state index in [0.29, 0.717) is 17.2 Å². The molecule has 0 bridgehead atoms. The number of hydrogen-bond donors (Lipinski definition) is 0. The average Bonchev–Trinajstić information content (AvgIpc) is 2.96. The van der Waals surface area contributed by atoms with Gasteiger partial charge in [0, 0.05) is 11.8 Å². The minimum Gasteiger partial charge on any atom is -0.465 e. The van der Waals surface area contributed by atoms with Crippen molar-refractivity contribution >= 4 is 5.65 Å². The topological polar surface area (TPSA) is 65.2 Å². The molecule has 4 rings (SSSR count). The van der Waals surface area contributed by atoms with Gasteiger partial charge in [-0.15, -0.1) is 10.2 Å². The van der Waals surface area contributed by atoms with Gasteiger partial charge in [0.05, 0.1) is 12.1 Å². The van der Waals surface area contributed by atoms with Crippen LogP contribution >= 0.6 is 0 Å². The van der Waals surface area contributed by atoms with Gasteiger partial charge in [-0.2, -0.15) is 27.2 Å². The van der Waals surface area contributed by atoms with E-state index in [2.05, 4.69) is 25.0 Å². The zero-order valence-corrected chi connectivity index (χ0v) is 13.1. The van der Waals surface area contributed by atoms with Crippen LogP contribution in [0.3, 0.4) is 0 Å². The van der Waals surface area contributed by atoms with E-state index in [-0.39, 0.29) is 5.56 Å². The molecule has 1 fully saturated rings. The lowest BCUT2D eigenvalue weighted by Gasteiger charge is -2.42. The van der Waals surface area contributed by atoms with E-state index in [1.807, 2.05) is 0 Å².